The van der Waals surface area contributed by atoms with Gasteiger partial charge in [-0.3, -0.25) is 9.89 Å². The Bertz CT molecular complexity index is 626. The van der Waals surface area contributed by atoms with Crippen LogP contribution in [0.1, 0.15) is 24.1 Å². The number of carbonyl (C=O) groups excluding carboxylic acids is 1. The Labute approximate surface area is 131 Å². The first kappa shape index (κ1) is 17.0. The molecule has 8 heteroatoms. The van der Waals surface area contributed by atoms with Gasteiger partial charge < -0.3 is 9.80 Å². The molecule has 0 aliphatic carbocycles. The third kappa shape index (κ3) is 4.30. The van der Waals surface area contributed by atoms with Crippen LogP contribution in [0, 0.1) is 6.92 Å². The standard InChI is InChI=1S/C14H24N4O3S/c1-11-12(8-15-16-11)9-18(3)14(19)4-6-17(2)13-5-7-22(20,21)10-13/h8,13H,4-7,9-10H2,1-3H3,(H,15,16)/t13-/m0/s1. The summed E-state index contributed by atoms with van der Waals surface area (Å²) in [5.41, 5.74) is 1.97. The van der Waals surface area contributed by atoms with Crippen molar-refractivity contribution < 1.29 is 13.2 Å². The molecule has 2 rings (SSSR count). The first-order chi connectivity index (χ1) is 10.3. The van der Waals surface area contributed by atoms with E-state index in [4.69, 9.17) is 0 Å². The molecule has 124 valence electrons. The highest BCUT2D eigenvalue weighted by atomic mass is 32.2. The molecule has 0 saturated carbocycles. The molecule has 1 amide bonds. The fourth-order valence-corrected chi connectivity index (χ4v) is 4.45. The Balaban J connectivity index is 1.78. The van der Waals surface area contributed by atoms with Crippen LogP contribution < -0.4 is 0 Å². The summed E-state index contributed by atoms with van der Waals surface area (Å²) in [6, 6.07) is 0.0409. The molecular formula is C14H24N4O3S. The largest absolute Gasteiger partial charge is 0.341 e. The van der Waals surface area contributed by atoms with Gasteiger partial charge in [-0.1, -0.05) is 0 Å². The lowest BCUT2D eigenvalue weighted by molar-refractivity contribution is -0.130. The lowest BCUT2D eigenvalue weighted by Crippen LogP contribution is -2.36. The Morgan fingerprint density at radius 1 is 1.45 bits per heavy atom. The molecule has 0 bridgehead atoms. The van der Waals surface area contributed by atoms with Crippen molar-refractivity contribution in [1.29, 1.82) is 0 Å². The number of sulfone groups is 1. The van der Waals surface area contributed by atoms with Gasteiger partial charge in [0, 0.05) is 43.9 Å². The van der Waals surface area contributed by atoms with Gasteiger partial charge >= 0.3 is 0 Å². The third-order valence-electron chi connectivity index (χ3n) is 4.28. The second-order valence-electron chi connectivity index (χ2n) is 6.06. The third-order valence-corrected chi connectivity index (χ3v) is 6.03. The minimum atomic E-state index is -2.88. The first-order valence-electron chi connectivity index (χ1n) is 7.42. The number of aromatic amines is 1. The number of nitrogens with one attached hydrogen (secondary N) is 1. The van der Waals surface area contributed by atoms with Crippen molar-refractivity contribution in [2.75, 3.05) is 32.1 Å². The predicted octanol–water partition coefficient (Wildman–Crippen LogP) is 0.186. The highest BCUT2D eigenvalue weighted by Crippen LogP contribution is 2.16. The Morgan fingerprint density at radius 3 is 2.73 bits per heavy atom. The van der Waals surface area contributed by atoms with Gasteiger partial charge in [-0.05, 0) is 20.4 Å². The fraction of sp³-hybridized carbons (Fsp3) is 0.714. The number of carbonyl (C=O) groups is 1. The molecule has 1 aliphatic heterocycles. The zero-order valence-corrected chi connectivity index (χ0v) is 14.2. The molecule has 1 aromatic rings. The van der Waals surface area contributed by atoms with E-state index in [1.54, 1.807) is 18.1 Å². The average molecular weight is 328 g/mol. The lowest BCUT2D eigenvalue weighted by Gasteiger charge is -2.24. The number of amides is 1. The van der Waals surface area contributed by atoms with Crippen LogP contribution in [0.25, 0.3) is 0 Å². The van der Waals surface area contributed by atoms with E-state index < -0.39 is 9.84 Å². The van der Waals surface area contributed by atoms with Gasteiger partial charge in [0.05, 0.1) is 17.7 Å². The number of nitrogens with zero attached hydrogens (tertiary/aromatic N) is 3. The number of aromatic nitrogens is 2. The van der Waals surface area contributed by atoms with Crippen molar-refractivity contribution in [3.63, 3.8) is 0 Å². The molecular weight excluding hydrogens is 304 g/mol. The van der Waals surface area contributed by atoms with E-state index in [9.17, 15) is 13.2 Å². The zero-order valence-electron chi connectivity index (χ0n) is 13.4. The number of hydrogen-bond donors (Lipinski definition) is 1. The Hall–Kier alpha value is -1.41. The molecule has 1 saturated heterocycles. The van der Waals surface area contributed by atoms with Gasteiger partial charge in [0.1, 0.15) is 0 Å². The van der Waals surface area contributed by atoms with Gasteiger partial charge in [0.2, 0.25) is 5.91 Å². The number of H-pyrrole nitrogens is 1. The summed E-state index contributed by atoms with van der Waals surface area (Å²) in [7, 11) is 0.779. The van der Waals surface area contributed by atoms with Crippen LogP contribution in [-0.4, -0.2) is 72.5 Å². The quantitative estimate of drug-likeness (QED) is 0.805. The van der Waals surface area contributed by atoms with Crippen LogP contribution >= 0.6 is 0 Å². The number of hydrogen-bond acceptors (Lipinski definition) is 5. The maximum absolute atomic E-state index is 12.2. The molecule has 1 atom stereocenters. The zero-order chi connectivity index (χ0) is 16.3. The summed E-state index contributed by atoms with van der Waals surface area (Å²) in [6.07, 6.45) is 2.78. The van der Waals surface area contributed by atoms with E-state index in [1.807, 2.05) is 18.9 Å². The molecule has 0 aromatic carbocycles. The molecule has 0 spiro atoms. The molecule has 0 unspecified atom stereocenters. The minimum Gasteiger partial charge on any atom is -0.341 e. The van der Waals surface area contributed by atoms with Crippen LogP contribution in [0.5, 0.6) is 0 Å². The van der Waals surface area contributed by atoms with E-state index in [1.165, 1.54) is 0 Å². The highest BCUT2D eigenvalue weighted by molar-refractivity contribution is 7.91. The summed E-state index contributed by atoms with van der Waals surface area (Å²) in [5, 5.41) is 6.80. The Kier molecular flexibility index (Phi) is 5.23. The molecule has 1 aromatic heterocycles. The van der Waals surface area contributed by atoms with Gasteiger partial charge in [-0.15, -0.1) is 0 Å². The molecule has 2 heterocycles. The van der Waals surface area contributed by atoms with E-state index in [2.05, 4.69) is 10.2 Å². The minimum absolute atomic E-state index is 0.0409. The average Bonchev–Trinajstić information content (AvgIpc) is 3.01. The molecule has 1 aliphatic rings. The summed E-state index contributed by atoms with van der Waals surface area (Å²) in [4.78, 5) is 15.8. The van der Waals surface area contributed by atoms with Crippen LogP contribution in [-0.2, 0) is 21.2 Å². The van der Waals surface area contributed by atoms with Crippen LogP contribution in [0.2, 0.25) is 0 Å². The van der Waals surface area contributed by atoms with Crippen molar-refractivity contribution in [2.24, 2.45) is 0 Å². The summed E-state index contributed by atoms with van der Waals surface area (Å²) >= 11 is 0. The van der Waals surface area contributed by atoms with Crippen molar-refractivity contribution in [1.82, 2.24) is 20.0 Å². The first-order valence-corrected chi connectivity index (χ1v) is 9.24. The second kappa shape index (κ2) is 6.78. The predicted molar refractivity (Wildman–Crippen MR) is 84.1 cm³/mol. The normalized spacial score (nSPS) is 20.5. The molecule has 7 nitrogen and oxygen atoms in total. The molecule has 22 heavy (non-hydrogen) atoms. The summed E-state index contributed by atoms with van der Waals surface area (Å²) in [6.45, 7) is 3.03. The van der Waals surface area contributed by atoms with E-state index in [-0.39, 0.29) is 23.5 Å². The van der Waals surface area contributed by atoms with E-state index in [0.29, 0.717) is 25.9 Å². The summed E-state index contributed by atoms with van der Waals surface area (Å²) < 4.78 is 23.0. The second-order valence-corrected chi connectivity index (χ2v) is 8.29. The lowest BCUT2D eigenvalue weighted by atomic mass is 10.2. The van der Waals surface area contributed by atoms with Gasteiger partial charge in [-0.25, -0.2) is 8.42 Å². The van der Waals surface area contributed by atoms with Crippen molar-refractivity contribution in [3.05, 3.63) is 17.5 Å². The Morgan fingerprint density at radius 2 is 2.18 bits per heavy atom. The van der Waals surface area contributed by atoms with Gasteiger partial charge in [-0.2, -0.15) is 5.10 Å². The molecule has 1 fully saturated rings. The van der Waals surface area contributed by atoms with Crippen LogP contribution in [0.3, 0.4) is 0 Å². The highest BCUT2D eigenvalue weighted by Gasteiger charge is 2.30. The van der Waals surface area contributed by atoms with Crippen molar-refractivity contribution in [2.45, 2.75) is 32.4 Å². The van der Waals surface area contributed by atoms with Gasteiger partial charge in [0.15, 0.2) is 9.84 Å². The van der Waals surface area contributed by atoms with E-state index >= 15 is 0 Å². The fourth-order valence-electron chi connectivity index (χ4n) is 2.65. The van der Waals surface area contributed by atoms with Crippen LogP contribution in [0.4, 0.5) is 0 Å². The maximum Gasteiger partial charge on any atom is 0.223 e. The number of rotatable bonds is 6. The maximum atomic E-state index is 12.2. The van der Waals surface area contributed by atoms with Crippen molar-refractivity contribution >= 4 is 15.7 Å². The summed E-state index contributed by atoms with van der Waals surface area (Å²) in [5.74, 6) is 0.519. The SMILES string of the molecule is Cc1[nH]ncc1CN(C)C(=O)CCN(C)[C@H]1CCS(=O)(=O)C1. The smallest absolute Gasteiger partial charge is 0.223 e. The topological polar surface area (TPSA) is 86.4 Å². The number of aryl methyl sites for hydroxylation is 1. The van der Waals surface area contributed by atoms with Crippen molar-refractivity contribution in [3.8, 4) is 0 Å². The molecule has 1 N–H and O–H groups in total. The van der Waals surface area contributed by atoms with Crippen LogP contribution in [0.15, 0.2) is 6.20 Å². The molecule has 0 radical (unpaired) electrons. The van der Waals surface area contributed by atoms with Gasteiger partial charge in [0.25, 0.3) is 0 Å². The monoisotopic (exact) mass is 328 g/mol. The van der Waals surface area contributed by atoms with E-state index in [0.717, 1.165) is 11.3 Å².